The predicted molar refractivity (Wildman–Crippen MR) is 71.1 cm³/mol. The molecule has 0 aliphatic heterocycles. The Morgan fingerprint density at radius 2 is 2.18 bits per heavy atom. The first-order chi connectivity index (χ1) is 10.3. The highest BCUT2D eigenvalue weighted by molar-refractivity contribution is 5.69. The molecule has 2 unspecified atom stereocenters. The summed E-state index contributed by atoms with van der Waals surface area (Å²) >= 11 is 0. The third-order valence-corrected chi connectivity index (χ3v) is 4.04. The van der Waals surface area contributed by atoms with E-state index >= 15 is 0 Å². The van der Waals surface area contributed by atoms with Crippen LogP contribution in [0.5, 0.6) is 0 Å². The summed E-state index contributed by atoms with van der Waals surface area (Å²) in [6.07, 6.45) is -0.202. The Kier molecular flexibility index (Phi) is 4.87. The molecule has 0 amide bonds. The van der Waals surface area contributed by atoms with Gasteiger partial charge in [0.15, 0.2) is 5.69 Å². The van der Waals surface area contributed by atoms with Crippen molar-refractivity contribution in [2.45, 2.75) is 44.3 Å². The van der Waals surface area contributed by atoms with Crippen molar-refractivity contribution in [3.63, 3.8) is 0 Å². The van der Waals surface area contributed by atoms with E-state index in [1.807, 2.05) is 0 Å². The average Bonchev–Trinajstić information content (AvgIpc) is 2.92. The van der Waals surface area contributed by atoms with Gasteiger partial charge in [-0.25, -0.2) is 4.98 Å². The average molecular weight is 318 g/mol. The smallest absolute Gasteiger partial charge is 0.434 e. The maximum Gasteiger partial charge on any atom is 0.434 e. The van der Waals surface area contributed by atoms with Gasteiger partial charge in [-0.1, -0.05) is 6.42 Å². The van der Waals surface area contributed by atoms with Crippen molar-refractivity contribution >= 4 is 5.97 Å². The van der Waals surface area contributed by atoms with E-state index in [1.165, 1.54) is 7.11 Å². The molecule has 1 aliphatic rings. The number of halogens is 3. The summed E-state index contributed by atoms with van der Waals surface area (Å²) in [5.41, 5.74) is -1.63. The quantitative estimate of drug-likeness (QED) is 0.801. The molecule has 0 N–H and O–H groups in total. The predicted octanol–water partition coefficient (Wildman–Crippen LogP) is 2.56. The summed E-state index contributed by atoms with van der Waals surface area (Å²) in [4.78, 5) is 26.2. The Labute approximate surface area is 125 Å². The van der Waals surface area contributed by atoms with Gasteiger partial charge >= 0.3 is 12.1 Å². The highest BCUT2D eigenvalue weighted by Gasteiger charge is 2.35. The van der Waals surface area contributed by atoms with E-state index in [9.17, 15) is 22.8 Å². The standard InChI is InChI=1S/C14H17F3N2O3/c1-22-13(21)6-5-9-3-2-4-10(9)19-8-11(14(15,16)17)18-7-12(19)20/h7-10H,2-6H2,1H3. The van der Waals surface area contributed by atoms with E-state index in [4.69, 9.17) is 0 Å². The van der Waals surface area contributed by atoms with E-state index < -0.39 is 17.4 Å². The molecule has 1 aliphatic carbocycles. The van der Waals surface area contributed by atoms with Crippen LogP contribution in [0.4, 0.5) is 13.2 Å². The van der Waals surface area contributed by atoms with Crippen molar-refractivity contribution < 1.29 is 22.7 Å². The van der Waals surface area contributed by atoms with Gasteiger partial charge < -0.3 is 9.30 Å². The fraction of sp³-hybridized carbons (Fsp3) is 0.643. The van der Waals surface area contributed by atoms with Gasteiger partial charge in [-0.15, -0.1) is 0 Å². The van der Waals surface area contributed by atoms with Gasteiger partial charge in [0, 0.05) is 18.7 Å². The van der Waals surface area contributed by atoms with Crippen LogP contribution >= 0.6 is 0 Å². The van der Waals surface area contributed by atoms with Gasteiger partial charge in [0.1, 0.15) is 0 Å². The van der Waals surface area contributed by atoms with Gasteiger partial charge in [-0.2, -0.15) is 13.2 Å². The van der Waals surface area contributed by atoms with Crippen LogP contribution in [0.25, 0.3) is 0 Å². The van der Waals surface area contributed by atoms with E-state index in [-0.39, 0.29) is 24.3 Å². The third kappa shape index (κ3) is 3.66. The fourth-order valence-corrected chi connectivity index (χ4v) is 2.95. The number of aromatic nitrogens is 2. The Morgan fingerprint density at radius 1 is 1.45 bits per heavy atom. The molecule has 0 bridgehead atoms. The Hall–Kier alpha value is -1.86. The number of carbonyl (C=O) groups is 1. The number of alkyl halides is 3. The van der Waals surface area contributed by atoms with Gasteiger partial charge in [0.2, 0.25) is 0 Å². The molecule has 2 rings (SSSR count). The van der Waals surface area contributed by atoms with E-state index in [0.29, 0.717) is 19.0 Å². The van der Waals surface area contributed by atoms with Gasteiger partial charge in [-0.3, -0.25) is 9.59 Å². The summed E-state index contributed by atoms with van der Waals surface area (Å²) in [6.45, 7) is 0. The lowest BCUT2D eigenvalue weighted by Crippen LogP contribution is -2.29. The number of esters is 1. The monoisotopic (exact) mass is 318 g/mol. The molecule has 1 fully saturated rings. The van der Waals surface area contributed by atoms with Crippen molar-refractivity contribution in [3.8, 4) is 0 Å². The third-order valence-electron chi connectivity index (χ3n) is 4.04. The molecule has 0 radical (unpaired) electrons. The lowest BCUT2D eigenvalue weighted by atomic mass is 9.97. The van der Waals surface area contributed by atoms with Crippen LogP contribution < -0.4 is 5.56 Å². The number of carbonyl (C=O) groups excluding carboxylic acids is 1. The molecule has 122 valence electrons. The molecule has 1 saturated carbocycles. The Bertz CT molecular complexity index is 598. The van der Waals surface area contributed by atoms with E-state index in [0.717, 1.165) is 23.6 Å². The molecule has 8 heteroatoms. The van der Waals surface area contributed by atoms with Crippen LogP contribution in [0.15, 0.2) is 17.2 Å². The zero-order valence-corrected chi connectivity index (χ0v) is 12.1. The summed E-state index contributed by atoms with van der Waals surface area (Å²) in [6, 6.07) is -0.332. The summed E-state index contributed by atoms with van der Waals surface area (Å²) < 4.78 is 43.9. The number of ether oxygens (including phenoxy) is 1. The van der Waals surface area contributed by atoms with Crippen molar-refractivity contribution in [2.75, 3.05) is 7.11 Å². The number of rotatable bonds is 4. The van der Waals surface area contributed by atoms with Crippen molar-refractivity contribution in [3.05, 3.63) is 28.4 Å². The maximum absolute atomic E-state index is 12.7. The maximum atomic E-state index is 12.7. The molecular formula is C14H17F3N2O3. The topological polar surface area (TPSA) is 61.2 Å². The number of methoxy groups -OCH3 is 1. The molecule has 1 heterocycles. The van der Waals surface area contributed by atoms with Gasteiger partial charge in [0.05, 0.1) is 13.3 Å². The second-order valence-electron chi connectivity index (χ2n) is 5.39. The lowest BCUT2D eigenvalue weighted by molar-refractivity contribution is -0.142. The number of nitrogens with zero attached hydrogens (tertiary/aromatic N) is 2. The number of hydrogen-bond donors (Lipinski definition) is 0. The highest BCUT2D eigenvalue weighted by Crippen LogP contribution is 2.38. The SMILES string of the molecule is COC(=O)CCC1CCCC1n1cc(C(F)(F)F)ncc1=O. The first kappa shape index (κ1) is 16.5. The molecule has 0 saturated heterocycles. The largest absolute Gasteiger partial charge is 0.469 e. The first-order valence-corrected chi connectivity index (χ1v) is 7.05. The molecule has 5 nitrogen and oxygen atoms in total. The molecular weight excluding hydrogens is 301 g/mol. The Balaban J connectivity index is 2.22. The fourth-order valence-electron chi connectivity index (χ4n) is 2.95. The minimum Gasteiger partial charge on any atom is -0.469 e. The van der Waals surface area contributed by atoms with Crippen LogP contribution in [0.3, 0.4) is 0 Å². The molecule has 1 aromatic heterocycles. The van der Waals surface area contributed by atoms with Crippen LogP contribution in [-0.2, 0) is 15.7 Å². The van der Waals surface area contributed by atoms with Crippen LogP contribution in [0.2, 0.25) is 0 Å². The lowest BCUT2D eigenvalue weighted by Gasteiger charge is -2.22. The first-order valence-electron chi connectivity index (χ1n) is 7.05. The second-order valence-corrected chi connectivity index (χ2v) is 5.39. The van der Waals surface area contributed by atoms with Gasteiger partial charge in [0.25, 0.3) is 5.56 Å². The molecule has 0 aromatic carbocycles. The highest BCUT2D eigenvalue weighted by atomic mass is 19.4. The van der Waals surface area contributed by atoms with E-state index in [1.54, 1.807) is 0 Å². The molecule has 22 heavy (non-hydrogen) atoms. The van der Waals surface area contributed by atoms with Gasteiger partial charge in [-0.05, 0) is 25.2 Å². The molecule has 0 spiro atoms. The van der Waals surface area contributed by atoms with Crippen molar-refractivity contribution in [1.82, 2.24) is 9.55 Å². The normalized spacial score (nSPS) is 21.8. The minimum atomic E-state index is -4.59. The zero-order chi connectivity index (χ0) is 16.3. The summed E-state index contributed by atoms with van der Waals surface area (Å²) in [7, 11) is 1.29. The van der Waals surface area contributed by atoms with Crippen molar-refractivity contribution in [1.29, 1.82) is 0 Å². The van der Waals surface area contributed by atoms with Crippen LogP contribution in [0.1, 0.15) is 43.8 Å². The number of hydrogen-bond acceptors (Lipinski definition) is 4. The van der Waals surface area contributed by atoms with Crippen molar-refractivity contribution in [2.24, 2.45) is 5.92 Å². The minimum absolute atomic E-state index is 0.0136. The summed E-state index contributed by atoms with van der Waals surface area (Å²) in [5.74, 6) is -0.371. The van der Waals surface area contributed by atoms with Crippen LogP contribution in [-0.4, -0.2) is 22.6 Å². The zero-order valence-electron chi connectivity index (χ0n) is 12.1. The van der Waals surface area contributed by atoms with E-state index in [2.05, 4.69) is 9.72 Å². The Morgan fingerprint density at radius 3 is 2.82 bits per heavy atom. The summed E-state index contributed by atoms with van der Waals surface area (Å²) in [5, 5.41) is 0. The second kappa shape index (κ2) is 6.50. The van der Waals surface area contributed by atoms with Crippen LogP contribution in [0, 0.1) is 5.92 Å². The molecule has 2 atom stereocenters. The molecule has 1 aromatic rings.